The fourth-order valence-corrected chi connectivity index (χ4v) is 5.63. The lowest BCUT2D eigenvalue weighted by molar-refractivity contribution is -0.143. The summed E-state index contributed by atoms with van der Waals surface area (Å²) in [6.07, 6.45) is -10.6. The molecule has 1 unspecified atom stereocenters. The minimum Gasteiger partial charge on any atom is -0.445 e. The molecule has 45 heavy (non-hydrogen) atoms. The van der Waals surface area contributed by atoms with Crippen molar-refractivity contribution >= 4 is 18.3 Å². The predicted octanol–water partition coefficient (Wildman–Crippen LogP) is 7.03. The zero-order chi connectivity index (χ0) is 32.5. The SMILES string of the molecule is C[C@@H](OC[C@@]1(c2ccccc2)CCC2(CN1C(=O)OCc1ccccc1)N=CNC2=O)c1cc(C(F)(F)F)cc(C(F)(F)F)c1. The van der Waals surface area contributed by atoms with E-state index >= 15 is 0 Å². The zero-order valence-corrected chi connectivity index (χ0v) is 24.0. The van der Waals surface area contributed by atoms with Crippen molar-refractivity contribution in [2.45, 2.75) is 55.9 Å². The van der Waals surface area contributed by atoms with Crippen LogP contribution in [0.3, 0.4) is 0 Å². The standard InChI is InChI=1S/C32H29F6N3O4/c1-21(23-14-25(31(33,34)35)16-26(15-23)32(36,37)38)45-19-30(24-10-6-3-7-11-24)13-12-29(27(42)39-20-40-29)18-41(30)28(43)44-17-22-8-4-2-5-9-22/h2-11,14-16,20-21H,12-13,17-19H2,1H3,(H,39,40,42)/t21-,29?,30-/m1/s1. The van der Waals surface area contributed by atoms with Gasteiger partial charge < -0.3 is 14.8 Å². The minimum atomic E-state index is -5.03. The molecule has 2 amide bonds. The van der Waals surface area contributed by atoms with Gasteiger partial charge in [-0.15, -0.1) is 0 Å². The summed E-state index contributed by atoms with van der Waals surface area (Å²) in [4.78, 5) is 32.4. The minimum absolute atomic E-state index is 0.0555. The molecule has 1 saturated heterocycles. The lowest BCUT2D eigenvalue weighted by Crippen LogP contribution is -2.63. The Bertz CT molecular complexity index is 1530. The molecule has 7 nitrogen and oxygen atoms in total. The summed E-state index contributed by atoms with van der Waals surface area (Å²) < 4.78 is 93.1. The maximum Gasteiger partial charge on any atom is 0.416 e. The van der Waals surface area contributed by atoms with E-state index in [1.165, 1.54) is 18.2 Å². The van der Waals surface area contributed by atoms with Gasteiger partial charge in [-0.05, 0) is 54.7 Å². The molecule has 0 aromatic heterocycles. The Hall–Kier alpha value is -4.39. The van der Waals surface area contributed by atoms with Gasteiger partial charge in [-0.3, -0.25) is 14.7 Å². The second-order valence-electron chi connectivity index (χ2n) is 11.1. The fourth-order valence-electron chi connectivity index (χ4n) is 5.63. The number of likely N-dealkylation sites (tertiary alicyclic amines) is 1. The molecule has 3 atom stereocenters. The third kappa shape index (κ3) is 6.68. The smallest absolute Gasteiger partial charge is 0.416 e. The second-order valence-corrected chi connectivity index (χ2v) is 11.1. The van der Waals surface area contributed by atoms with Crippen LogP contribution >= 0.6 is 0 Å². The highest BCUT2D eigenvalue weighted by atomic mass is 19.4. The average molecular weight is 634 g/mol. The monoisotopic (exact) mass is 633 g/mol. The van der Waals surface area contributed by atoms with Gasteiger partial charge in [0.1, 0.15) is 6.61 Å². The van der Waals surface area contributed by atoms with Gasteiger partial charge in [-0.25, -0.2) is 4.79 Å². The Morgan fingerprint density at radius 3 is 2.09 bits per heavy atom. The van der Waals surface area contributed by atoms with Gasteiger partial charge in [0.2, 0.25) is 0 Å². The molecule has 2 aliphatic heterocycles. The second kappa shape index (κ2) is 12.2. The molecule has 1 spiro atoms. The molecule has 0 radical (unpaired) electrons. The van der Waals surface area contributed by atoms with E-state index < -0.39 is 52.7 Å². The molecule has 2 aliphatic rings. The number of hydrogen-bond donors (Lipinski definition) is 1. The summed E-state index contributed by atoms with van der Waals surface area (Å²) in [6, 6.07) is 18.8. The van der Waals surface area contributed by atoms with Gasteiger partial charge in [-0.1, -0.05) is 60.7 Å². The van der Waals surface area contributed by atoms with Gasteiger partial charge in [0.15, 0.2) is 5.54 Å². The third-order valence-electron chi connectivity index (χ3n) is 8.21. The quantitative estimate of drug-likeness (QED) is 0.284. The first-order valence-electron chi connectivity index (χ1n) is 14.0. The Balaban J connectivity index is 1.51. The van der Waals surface area contributed by atoms with Gasteiger partial charge in [-0.2, -0.15) is 26.3 Å². The number of aliphatic imine (C=N–C) groups is 1. The lowest BCUT2D eigenvalue weighted by Gasteiger charge is -2.50. The number of carbonyl (C=O) groups excluding carboxylic acids is 2. The van der Waals surface area contributed by atoms with Crippen LogP contribution in [-0.4, -0.2) is 41.9 Å². The summed E-state index contributed by atoms with van der Waals surface area (Å²) in [7, 11) is 0. The Kier molecular flexibility index (Phi) is 8.67. The van der Waals surface area contributed by atoms with Crippen LogP contribution in [0.25, 0.3) is 0 Å². The van der Waals surface area contributed by atoms with Crippen LogP contribution in [0.5, 0.6) is 0 Å². The molecule has 1 N–H and O–H groups in total. The average Bonchev–Trinajstić information content (AvgIpc) is 3.37. The summed E-state index contributed by atoms with van der Waals surface area (Å²) in [5, 5.41) is 2.55. The van der Waals surface area contributed by atoms with Crippen LogP contribution in [0.2, 0.25) is 0 Å². The molecule has 0 saturated carbocycles. The summed E-state index contributed by atoms with van der Waals surface area (Å²) in [5.41, 5.74) is -4.61. The van der Waals surface area contributed by atoms with E-state index in [-0.39, 0.29) is 44.2 Å². The molecule has 3 aromatic carbocycles. The van der Waals surface area contributed by atoms with E-state index in [1.54, 1.807) is 60.7 Å². The van der Waals surface area contributed by atoms with Crippen molar-refractivity contribution in [3.63, 3.8) is 0 Å². The molecule has 0 bridgehead atoms. The van der Waals surface area contributed by atoms with Gasteiger partial charge in [0, 0.05) is 0 Å². The zero-order valence-electron chi connectivity index (χ0n) is 24.0. The van der Waals surface area contributed by atoms with Crippen LogP contribution in [0.4, 0.5) is 31.1 Å². The van der Waals surface area contributed by atoms with Crippen LogP contribution in [0.15, 0.2) is 83.9 Å². The molecular weight excluding hydrogens is 604 g/mol. The largest absolute Gasteiger partial charge is 0.445 e. The number of rotatable bonds is 7. The number of piperidine rings is 1. The molecule has 2 heterocycles. The summed E-state index contributed by atoms with van der Waals surface area (Å²) in [5.74, 6) is -0.414. The van der Waals surface area contributed by atoms with E-state index in [1.807, 2.05) is 0 Å². The number of nitrogens with zero attached hydrogens (tertiary/aromatic N) is 2. The maximum atomic E-state index is 13.8. The van der Waals surface area contributed by atoms with E-state index in [4.69, 9.17) is 9.47 Å². The highest BCUT2D eigenvalue weighted by Crippen LogP contribution is 2.45. The number of ether oxygens (including phenoxy) is 2. The van der Waals surface area contributed by atoms with Gasteiger partial charge >= 0.3 is 18.4 Å². The molecule has 238 valence electrons. The normalized spacial score (nSPS) is 22.4. The molecule has 3 aromatic rings. The van der Waals surface area contributed by atoms with E-state index in [2.05, 4.69) is 10.3 Å². The first-order chi connectivity index (χ1) is 21.2. The van der Waals surface area contributed by atoms with Gasteiger partial charge in [0.05, 0.1) is 42.3 Å². The van der Waals surface area contributed by atoms with Crippen molar-refractivity contribution in [3.8, 4) is 0 Å². The van der Waals surface area contributed by atoms with Crippen LogP contribution < -0.4 is 5.32 Å². The highest BCUT2D eigenvalue weighted by molar-refractivity contribution is 6.00. The number of nitrogens with one attached hydrogen (secondary N) is 1. The van der Waals surface area contributed by atoms with Crippen molar-refractivity contribution < 1.29 is 45.4 Å². The van der Waals surface area contributed by atoms with Crippen LogP contribution in [0, 0.1) is 0 Å². The van der Waals surface area contributed by atoms with E-state index in [0.29, 0.717) is 23.3 Å². The summed E-state index contributed by atoms with van der Waals surface area (Å²) in [6.45, 7) is 0.700. The number of alkyl halides is 6. The number of benzene rings is 3. The van der Waals surface area contributed by atoms with Crippen molar-refractivity contribution in [2.75, 3.05) is 13.2 Å². The van der Waals surface area contributed by atoms with E-state index in [9.17, 15) is 35.9 Å². The Morgan fingerprint density at radius 2 is 1.53 bits per heavy atom. The topological polar surface area (TPSA) is 80.2 Å². The van der Waals surface area contributed by atoms with Crippen molar-refractivity contribution in [1.29, 1.82) is 0 Å². The molecular formula is C32H29F6N3O4. The molecule has 13 heteroatoms. The number of carbonyl (C=O) groups is 2. The fraction of sp³-hybridized carbons (Fsp3) is 0.344. The maximum absolute atomic E-state index is 13.8. The number of halogens is 6. The highest BCUT2D eigenvalue weighted by Gasteiger charge is 2.56. The molecule has 5 rings (SSSR count). The Labute approximate surface area is 254 Å². The molecule has 0 aliphatic carbocycles. The van der Waals surface area contributed by atoms with E-state index in [0.717, 1.165) is 0 Å². The first-order valence-corrected chi connectivity index (χ1v) is 14.0. The van der Waals surface area contributed by atoms with Gasteiger partial charge in [0.25, 0.3) is 5.91 Å². The number of hydrogen-bond acceptors (Lipinski definition) is 5. The molecule has 1 fully saturated rings. The lowest BCUT2D eigenvalue weighted by atomic mass is 9.74. The van der Waals surface area contributed by atoms with Crippen molar-refractivity contribution in [1.82, 2.24) is 10.2 Å². The van der Waals surface area contributed by atoms with Crippen molar-refractivity contribution in [2.24, 2.45) is 4.99 Å². The third-order valence-corrected chi connectivity index (χ3v) is 8.21. The Morgan fingerprint density at radius 1 is 0.933 bits per heavy atom. The van der Waals surface area contributed by atoms with Crippen molar-refractivity contribution in [3.05, 3.63) is 107 Å². The van der Waals surface area contributed by atoms with Crippen LogP contribution in [0.1, 0.15) is 53.7 Å². The first kappa shape index (κ1) is 32.0. The predicted molar refractivity (Wildman–Crippen MR) is 151 cm³/mol. The summed E-state index contributed by atoms with van der Waals surface area (Å²) >= 11 is 0. The van der Waals surface area contributed by atoms with Crippen LogP contribution in [-0.2, 0) is 38.8 Å². The number of amides is 2.